The quantitative estimate of drug-likeness (QED) is 0.739. The Balaban J connectivity index is 1.11. The molecule has 1 aliphatic heterocycles. The van der Waals surface area contributed by atoms with Gasteiger partial charge in [-0.2, -0.15) is 0 Å². The molecule has 5 aliphatic rings. The Kier molecular flexibility index (Phi) is 5.63. The zero-order chi connectivity index (χ0) is 20.7. The minimum absolute atomic E-state index is 0.115. The summed E-state index contributed by atoms with van der Waals surface area (Å²) in [5.74, 6) is 3.10. The number of carbonyl (C=O) groups is 2. The van der Waals surface area contributed by atoms with Gasteiger partial charge in [0.25, 0.3) is 0 Å². The van der Waals surface area contributed by atoms with Crippen LogP contribution in [0.1, 0.15) is 81.3 Å². The van der Waals surface area contributed by atoms with Gasteiger partial charge in [-0.25, -0.2) is 4.98 Å². The van der Waals surface area contributed by atoms with Crippen LogP contribution in [-0.2, 0) is 16.0 Å². The normalized spacial score (nSPS) is 34.9. The molecule has 2 amide bonds. The predicted molar refractivity (Wildman–Crippen MR) is 118 cm³/mol. The summed E-state index contributed by atoms with van der Waals surface area (Å²) >= 11 is 1.74. The highest BCUT2D eigenvalue weighted by molar-refractivity contribution is 7.09. The molecule has 5 fully saturated rings. The summed E-state index contributed by atoms with van der Waals surface area (Å²) in [6, 6.07) is 0. The van der Waals surface area contributed by atoms with E-state index in [1.807, 2.05) is 4.90 Å². The van der Waals surface area contributed by atoms with E-state index in [1.54, 1.807) is 11.3 Å². The van der Waals surface area contributed by atoms with Crippen molar-refractivity contribution >= 4 is 23.2 Å². The number of nitrogens with one attached hydrogen (secondary N) is 1. The lowest BCUT2D eigenvalue weighted by Gasteiger charge is -2.55. The number of nitrogens with zero attached hydrogens (tertiary/aromatic N) is 2. The number of aryl methyl sites for hydroxylation is 1. The fraction of sp³-hybridized carbons (Fsp3) is 0.792. The Morgan fingerprint density at radius 3 is 2.53 bits per heavy atom. The fourth-order valence-corrected chi connectivity index (χ4v) is 8.13. The first kappa shape index (κ1) is 20.5. The Morgan fingerprint density at radius 2 is 1.90 bits per heavy atom. The zero-order valence-electron chi connectivity index (χ0n) is 18.2. The first-order chi connectivity index (χ1) is 14.5. The third-order valence-corrected chi connectivity index (χ3v) is 9.26. The zero-order valence-corrected chi connectivity index (χ0v) is 19.0. The molecule has 30 heavy (non-hydrogen) atoms. The van der Waals surface area contributed by atoms with Crippen LogP contribution in [0, 0.1) is 23.2 Å². The van der Waals surface area contributed by atoms with Gasteiger partial charge in [0, 0.05) is 42.8 Å². The lowest BCUT2D eigenvalue weighted by atomic mass is 9.49. The molecule has 6 heteroatoms. The third-order valence-electron chi connectivity index (χ3n) is 8.20. The monoisotopic (exact) mass is 429 g/mol. The molecule has 1 aromatic rings. The number of thiazole rings is 1. The van der Waals surface area contributed by atoms with E-state index in [1.165, 1.54) is 24.3 Å². The van der Waals surface area contributed by atoms with Crippen molar-refractivity contribution in [2.45, 2.75) is 77.0 Å². The van der Waals surface area contributed by atoms with Crippen LogP contribution in [0.2, 0.25) is 0 Å². The molecule has 6 rings (SSSR count). The SMILES string of the molecule is CCc1csc(C2CCCN(C(=O)CCNC(=O)C34CC5CC(CC(C5)C3)C4)C2)n1. The maximum Gasteiger partial charge on any atom is 0.226 e. The van der Waals surface area contributed by atoms with Gasteiger partial charge in [-0.3, -0.25) is 9.59 Å². The van der Waals surface area contributed by atoms with Crippen LogP contribution in [0.5, 0.6) is 0 Å². The fourth-order valence-electron chi connectivity index (χ4n) is 7.10. The summed E-state index contributed by atoms with van der Waals surface area (Å²) in [6.07, 6.45) is 10.8. The van der Waals surface area contributed by atoms with Crippen LogP contribution >= 0.6 is 11.3 Å². The second-order valence-electron chi connectivity index (χ2n) is 10.4. The van der Waals surface area contributed by atoms with E-state index in [-0.39, 0.29) is 17.2 Å². The van der Waals surface area contributed by atoms with Crippen LogP contribution in [0.15, 0.2) is 5.38 Å². The first-order valence-corrected chi connectivity index (χ1v) is 12.9. The molecule has 5 nitrogen and oxygen atoms in total. The number of carbonyl (C=O) groups excluding carboxylic acids is 2. The molecule has 1 N–H and O–H groups in total. The maximum atomic E-state index is 13.1. The van der Waals surface area contributed by atoms with Crippen molar-refractivity contribution in [2.24, 2.45) is 23.2 Å². The van der Waals surface area contributed by atoms with Crippen molar-refractivity contribution in [1.29, 1.82) is 0 Å². The second kappa shape index (κ2) is 8.25. The van der Waals surface area contributed by atoms with Crippen molar-refractivity contribution in [1.82, 2.24) is 15.2 Å². The van der Waals surface area contributed by atoms with Gasteiger partial charge in [0.05, 0.1) is 10.7 Å². The highest BCUT2D eigenvalue weighted by Crippen LogP contribution is 2.60. The summed E-state index contributed by atoms with van der Waals surface area (Å²) in [7, 11) is 0. The molecule has 1 atom stereocenters. The molecule has 0 aromatic carbocycles. The van der Waals surface area contributed by atoms with Gasteiger partial charge in [0.15, 0.2) is 0 Å². The number of rotatable bonds is 6. The van der Waals surface area contributed by atoms with Gasteiger partial charge < -0.3 is 10.2 Å². The summed E-state index contributed by atoms with van der Waals surface area (Å²) in [6.45, 7) is 4.23. The van der Waals surface area contributed by atoms with Gasteiger partial charge >= 0.3 is 0 Å². The summed E-state index contributed by atoms with van der Waals surface area (Å²) in [5, 5.41) is 6.50. The first-order valence-electron chi connectivity index (χ1n) is 12.0. The number of hydrogen-bond acceptors (Lipinski definition) is 4. The molecule has 1 unspecified atom stereocenters. The van der Waals surface area contributed by atoms with Crippen molar-refractivity contribution in [3.63, 3.8) is 0 Å². The molecular weight excluding hydrogens is 394 g/mol. The van der Waals surface area contributed by atoms with E-state index in [0.717, 1.165) is 75.1 Å². The molecule has 1 saturated heterocycles. The lowest BCUT2D eigenvalue weighted by molar-refractivity contribution is -0.146. The van der Waals surface area contributed by atoms with Crippen molar-refractivity contribution < 1.29 is 9.59 Å². The molecule has 2 heterocycles. The predicted octanol–water partition coefficient (Wildman–Crippen LogP) is 4.13. The topological polar surface area (TPSA) is 62.3 Å². The molecule has 4 aliphatic carbocycles. The van der Waals surface area contributed by atoms with Crippen LogP contribution in [-0.4, -0.2) is 41.3 Å². The summed E-state index contributed by atoms with van der Waals surface area (Å²) < 4.78 is 0. The van der Waals surface area contributed by atoms with Crippen molar-refractivity contribution in [3.05, 3.63) is 16.1 Å². The number of piperidine rings is 1. The largest absolute Gasteiger partial charge is 0.355 e. The lowest BCUT2D eigenvalue weighted by Crippen LogP contribution is -2.54. The van der Waals surface area contributed by atoms with Crippen molar-refractivity contribution in [2.75, 3.05) is 19.6 Å². The Bertz CT molecular complexity index is 769. The van der Waals surface area contributed by atoms with E-state index >= 15 is 0 Å². The Morgan fingerprint density at radius 1 is 1.20 bits per heavy atom. The summed E-state index contributed by atoms with van der Waals surface area (Å²) in [4.78, 5) is 32.6. The Labute approximate surface area is 184 Å². The van der Waals surface area contributed by atoms with Crippen molar-refractivity contribution in [3.8, 4) is 0 Å². The standard InChI is InChI=1S/C24H35N3O2S/c1-2-20-15-30-22(26-20)19-4-3-7-27(14-19)21(28)5-6-25-23(29)24-11-16-8-17(12-24)10-18(9-16)13-24/h15-19H,2-14H2,1H3,(H,25,29). The Hall–Kier alpha value is -1.43. The average molecular weight is 430 g/mol. The average Bonchev–Trinajstić information content (AvgIpc) is 3.22. The van der Waals surface area contributed by atoms with Gasteiger partial charge in [-0.15, -0.1) is 11.3 Å². The highest BCUT2D eigenvalue weighted by Gasteiger charge is 2.54. The van der Waals surface area contributed by atoms with Crippen LogP contribution in [0.3, 0.4) is 0 Å². The summed E-state index contributed by atoms with van der Waals surface area (Å²) in [5.41, 5.74) is 1.04. The van der Waals surface area contributed by atoms with Crippen LogP contribution in [0.25, 0.3) is 0 Å². The number of aromatic nitrogens is 1. The molecular formula is C24H35N3O2S. The van der Waals surface area contributed by atoms with E-state index in [4.69, 9.17) is 4.98 Å². The molecule has 0 spiro atoms. The van der Waals surface area contributed by atoms with Gasteiger partial charge in [-0.05, 0) is 75.5 Å². The van der Waals surface area contributed by atoms with Crippen LogP contribution < -0.4 is 5.32 Å². The van der Waals surface area contributed by atoms with Gasteiger partial charge in [0.2, 0.25) is 11.8 Å². The van der Waals surface area contributed by atoms with E-state index in [9.17, 15) is 9.59 Å². The molecule has 164 valence electrons. The smallest absolute Gasteiger partial charge is 0.226 e. The van der Waals surface area contributed by atoms with Gasteiger partial charge in [-0.1, -0.05) is 6.92 Å². The number of amides is 2. The minimum atomic E-state index is -0.115. The molecule has 4 saturated carbocycles. The maximum absolute atomic E-state index is 13.1. The molecule has 1 aromatic heterocycles. The minimum Gasteiger partial charge on any atom is -0.355 e. The number of hydrogen-bond donors (Lipinski definition) is 1. The molecule has 0 radical (unpaired) electrons. The third kappa shape index (κ3) is 3.92. The van der Waals surface area contributed by atoms with Gasteiger partial charge in [0.1, 0.15) is 0 Å². The highest BCUT2D eigenvalue weighted by atomic mass is 32.1. The van der Waals surface area contributed by atoms with E-state index in [0.29, 0.717) is 18.9 Å². The van der Waals surface area contributed by atoms with Crippen LogP contribution in [0.4, 0.5) is 0 Å². The van der Waals surface area contributed by atoms with E-state index in [2.05, 4.69) is 17.6 Å². The number of likely N-dealkylation sites (tertiary alicyclic amines) is 1. The second-order valence-corrected chi connectivity index (χ2v) is 11.3. The molecule has 4 bridgehead atoms. The van der Waals surface area contributed by atoms with E-state index < -0.39 is 0 Å².